The Morgan fingerprint density at radius 2 is 2.05 bits per heavy atom. The summed E-state index contributed by atoms with van der Waals surface area (Å²) in [6.45, 7) is 5.11. The zero-order valence-electron chi connectivity index (χ0n) is 11.9. The van der Waals surface area contributed by atoms with Crippen LogP contribution < -0.4 is 10.5 Å². The van der Waals surface area contributed by atoms with Crippen molar-refractivity contribution in [3.8, 4) is 0 Å². The Labute approximate surface area is 127 Å². The van der Waals surface area contributed by atoms with Crippen molar-refractivity contribution >= 4 is 33.2 Å². The van der Waals surface area contributed by atoms with E-state index < -0.39 is 27.9 Å². The van der Waals surface area contributed by atoms with Crippen molar-refractivity contribution in [3.63, 3.8) is 0 Å². The predicted molar refractivity (Wildman–Crippen MR) is 78.8 cm³/mol. The second-order valence-electron chi connectivity index (χ2n) is 4.80. The first kappa shape index (κ1) is 17.6. The molecule has 0 aromatic carbocycles. The van der Waals surface area contributed by atoms with Gasteiger partial charge in [-0.3, -0.25) is 4.79 Å². The number of nitrogens with two attached hydrogens (primary N) is 1. The van der Waals surface area contributed by atoms with E-state index in [4.69, 9.17) is 10.2 Å². The van der Waals surface area contributed by atoms with Gasteiger partial charge in [0.1, 0.15) is 10.3 Å². The number of thiophene rings is 1. The van der Waals surface area contributed by atoms with Crippen molar-refractivity contribution in [2.24, 2.45) is 11.1 Å². The van der Waals surface area contributed by atoms with Gasteiger partial charge in [0.2, 0.25) is 10.0 Å². The van der Waals surface area contributed by atoms with Crippen molar-refractivity contribution < 1.29 is 23.1 Å². The van der Waals surface area contributed by atoms with Crippen LogP contribution in [0.3, 0.4) is 0 Å². The van der Waals surface area contributed by atoms with E-state index in [1.165, 1.54) is 6.07 Å². The summed E-state index contributed by atoms with van der Waals surface area (Å²) >= 11 is 0.730. The SMILES string of the molecule is CC[C@H](C)[C@H](NC(=O)c1sc(S(N)(=O)=O)cc1C)C(=O)O. The first-order valence-corrected chi connectivity index (χ1v) is 8.61. The van der Waals surface area contributed by atoms with Gasteiger partial charge in [-0.1, -0.05) is 20.3 Å². The monoisotopic (exact) mass is 334 g/mol. The molecule has 0 radical (unpaired) electrons. The summed E-state index contributed by atoms with van der Waals surface area (Å²) in [5.74, 6) is -1.98. The summed E-state index contributed by atoms with van der Waals surface area (Å²) < 4.78 is 22.4. The lowest BCUT2D eigenvalue weighted by Crippen LogP contribution is -2.44. The molecular formula is C12H18N2O5S2. The number of carbonyl (C=O) groups excluding carboxylic acids is 1. The Hall–Kier alpha value is -1.45. The minimum absolute atomic E-state index is 0.124. The molecule has 0 aliphatic rings. The first-order valence-electron chi connectivity index (χ1n) is 6.24. The molecule has 1 heterocycles. The molecule has 118 valence electrons. The smallest absolute Gasteiger partial charge is 0.326 e. The number of aliphatic carboxylic acids is 1. The van der Waals surface area contributed by atoms with Crippen LogP contribution in [0.1, 0.15) is 35.5 Å². The Balaban J connectivity index is 3.04. The number of nitrogens with one attached hydrogen (secondary N) is 1. The van der Waals surface area contributed by atoms with Crippen LogP contribution in [0.25, 0.3) is 0 Å². The van der Waals surface area contributed by atoms with E-state index >= 15 is 0 Å². The van der Waals surface area contributed by atoms with Gasteiger partial charge in [0.25, 0.3) is 5.91 Å². The second kappa shape index (κ2) is 6.54. The number of hydrogen-bond acceptors (Lipinski definition) is 5. The van der Waals surface area contributed by atoms with Crippen molar-refractivity contribution in [3.05, 3.63) is 16.5 Å². The number of primary sulfonamides is 1. The summed E-state index contributed by atoms with van der Waals surface area (Å²) in [6.07, 6.45) is 0.586. The van der Waals surface area contributed by atoms with Crippen LogP contribution in [0.15, 0.2) is 10.3 Å². The molecule has 0 unspecified atom stereocenters. The summed E-state index contributed by atoms with van der Waals surface area (Å²) in [5.41, 5.74) is 0.440. The lowest BCUT2D eigenvalue weighted by molar-refractivity contribution is -0.140. The standard InChI is InChI=1S/C12H18N2O5S2/c1-4-6(2)9(12(16)17)14-11(15)10-7(3)5-8(20-10)21(13,18)19/h5-6,9H,4H2,1-3H3,(H,14,15)(H,16,17)(H2,13,18,19)/t6-,9-/m0/s1. The highest BCUT2D eigenvalue weighted by molar-refractivity contribution is 7.91. The number of aryl methyl sites for hydroxylation is 1. The minimum Gasteiger partial charge on any atom is -0.480 e. The van der Waals surface area contributed by atoms with E-state index in [2.05, 4.69) is 5.32 Å². The number of carboxylic acids is 1. The molecule has 1 amide bonds. The zero-order chi connectivity index (χ0) is 16.4. The molecule has 0 saturated carbocycles. The summed E-state index contributed by atoms with van der Waals surface area (Å²) in [5, 5.41) is 16.6. The minimum atomic E-state index is -3.88. The zero-order valence-corrected chi connectivity index (χ0v) is 13.5. The molecule has 1 aromatic rings. The fraction of sp³-hybridized carbons (Fsp3) is 0.500. The maximum Gasteiger partial charge on any atom is 0.326 e. The lowest BCUT2D eigenvalue weighted by atomic mass is 9.99. The van der Waals surface area contributed by atoms with Crippen LogP contribution in [0.5, 0.6) is 0 Å². The molecule has 21 heavy (non-hydrogen) atoms. The van der Waals surface area contributed by atoms with Crippen molar-refractivity contribution in [1.29, 1.82) is 0 Å². The molecule has 0 spiro atoms. The number of hydrogen-bond donors (Lipinski definition) is 3. The molecule has 0 bridgehead atoms. The topological polar surface area (TPSA) is 127 Å². The highest BCUT2D eigenvalue weighted by Crippen LogP contribution is 2.25. The molecule has 7 nitrogen and oxygen atoms in total. The van der Waals surface area contributed by atoms with Crippen LogP contribution in [0, 0.1) is 12.8 Å². The molecule has 0 saturated heterocycles. The van der Waals surface area contributed by atoms with E-state index in [-0.39, 0.29) is 15.0 Å². The second-order valence-corrected chi connectivity index (χ2v) is 7.64. The summed E-state index contributed by atoms with van der Waals surface area (Å²) in [4.78, 5) is 23.5. The van der Waals surface area contributed by atoms with Gasteiger partial charge < -0.3 is 10.4 Å². The molecule has 2 atom stereocenters. The molecular weight excluding hydrogens is 316 g/mol. The van der Waals surface area contributed by atoms with E-state index in [9.17, 15) is 18.0 Å². The van der Waals surface area contributed by atoms with Crippen LogP contribution in [0.4, 0.5) is 0 Å². The first-order chi connectivity index (χ1) is 9.57. The van der Waals surface area contributed by atoms with Gasteiger partial charge in [-0.05, 0) is 24.5 Å². The third-order valence-electron chi connectivity index (χ3n) is 3.15. The fourth-order valence-corrected chi connectivity index (χ4v) is 3.57. The van der Waals surface area contributed by atoms with Gasteiger partial charge >= 0.3 is 5.97 Å². The van der Waals surface area contributed by atoms with Crippen LogP contribution in [-0.2, 0) is 14.8 Å². The highest BCUT2D eigenvalue weighted by atomic mass is 32.2. The number of carboxylic acid groups (broad SMARTS) is 1. The third-order valence-corrected chi connectivity index (χ3v) is 5.80. The maximum absolute atomic E-state index is 12.1. The van der Waals surface area contributed by atoms with Crippen LogP contribution >= 0.6 is 11.3 Å². The Kier molecular flexibility index (Phi) is 5.48. The van der Waals surface area contributed by atoms with Gasteiger partial charge in [-0.25, -0.2) is 18.4 Å². The number of rotatable bonds is 6. The van der Waals surface area contributed by atoms with Gasteiger partial charge in [-0.15, -0.1) is 11.3 Å². The Morgan fingerprint density at radius 3 is 2.43 bits per heavy atom. The summed E-state index contributed by atoms with van der Waals surface area (Å²) in [6, 6.07) is 0.274. The number of carbonyl (C=O) groups is 2. The normalized spacial score (nSPS) is 14.5. The van der Waals surface area contributed by atoms with Crippen LogP contribution in [-0.4, -0.2) is 31.4 Å². The van der Waals surface area contributed by atoms with E-state index in [0.29, 0.717) is 12.0 Å². The maximum atomic E-state index is 12.1. The van der Waals surface area contributed by atoms with Gasteiger partial charge in [0, 0.05) is 0 Å². The molecule has 1 rings (SSSR count). The number of amides is 1. The molecule has 1 aromatic heterocycles. The predicted octanol–water partition coefficient (Wildman–Crippen LogP) is 0.933. The summed E-state index contributed by atoms with van der Waals surface area (Å²) in [7, 11) is -3.88. The molecule has 0 fully saturated rings. The fourth-order valence-electron chi connectivity index (χ4n) is 1.71. The van der Waals surface area contributed by atoms with Gasteiger partial charge in [-0.2, -0.15) is 0 Å². The van der Waals surface area contributed by atoms with Crippen LogP contribution in [0.2, 0.25) is 0 Å². The van der Waals surface area contributed by atoms with E-state index in [1.54, 1.807) is 13.8 Å². The average molecular weight is 334 g/mol. The molecule has 0 aliphatic heterocycles. The third kappa shape index (κ3) is 4.26. The average Bonchev–Trinajstić information content (AvgIpc) is 2.76. The molecule has 4 N–H and O–H groups in total. The Bertz CT molecular complexity index is 651. The quantitative estimate of drug-likeness (QED) is 0.713. The van der Waals surface area contributed by atoms with Crippen molar-refractivity contribution in [2.45, 2.75) is 37.4 Å². The van der Waals surface area contributed by atoms with Gasteiger partial charge in [0.15, 0.2) is 0 Å². The van der Waals surface area contributed by atoms with Gasteiger partial charge in [0.05, 0.1) is 4.88 Å². The molecule has 9 heteroatoms. The van der Waals surface area contributed by atoms with E-state index in [1.807, 2.05) is 6.92 Å². The van der Waals surface area contributed by atoms with Crippen molar-refractivity contribution in [2.75, 3.05) is 0 Å². The highest BCUT2D eigenvalue weighted by Gasteiger charge is 2.27. The lowest BCUT2D eigenvalue weighted by Gasteiger charge is -2.19. The number of sulfonamides is 1. The Morgan fingerprint density at radius 1 is 1.48 bits per heavy atom. The van der Waals surface area contributed by atoms with Crippen molar-refractivity contribution in [1.82, 2.24) is 5.32 Å². The van der Waals surface area contributed by atoms with E-state index in [0.717, 1.165) is 11.3 Å². The molecule has 0 aliphatic carbocycles. The largest absolute Gasteiger partial charge is 0.480 e.